The summed E-state index contributed by atoms with van der Waals surface area (Å²) in [5.74, 6) is 0. The SMILES string of the molecule is CCCC/C(=C/[Si](C)(C)c1ccccn1)c1ccccc1. The smallest absolute Gasteiger partial charge is 0.128 e. The van der Waals surface area contributed by atoms with Crippen LogP contribution in [0.25, 0.3) is 5.57 Å². The van der Waals surface area contributed by atoms with E-state index in [-0.39, 0.29) is 0 Å². The van der Waals surface area contributed by atoms with Crippen molar-refractivity contribution < 1.29 is 0 Å². The third-order valence-corrected chi connectivity index (χ3v) is 6.49. The van der Waals surface area contributed by atoms with Crippen LogP contribution >= 0.6 is 0 Å². The molecule has 0 aliphatic heterocycles. The zero-order chi connectivity index (χ0) is 15.1. The molecule has 0 radical (unpaired) electrons. The Morgan fingerprint density at radius 2 is 1.76 bits per heavy atom. The van der Waals surface area contributed by atoms with Gasteiger partial charge in [0, 0.05) is 11.5 Å². The van der Waals surface area contributed by atoms with Crippen molar-refractivity contribution in [2.24, 2.45) is 0 Å². The van der Waals surface area contributed by atoms with Gasteiger partial charge in [-0.15, -0.1) is 0 Å². The van der Waals surface area contributed by atoms with E-state index in [4.69, 9.17) is 0 Å². The lowest BCUT2D eigenvalue weighted by molar-refractivity contribution is 0.824. The first kappa shape index (κ1) is 15.7. The molecule has 21 heavy (non-hydrogen) atoms. The Hall–Kier alpha value is -1.67. The summed E-state index contributed by atoms with van der Waals surface area (Å²) >= 11 is 0. The van der Waals surface area contributed by atoms with Gasteiger partial charge in [-0.25, -0.2) is 0 Å². The Balaban J connectivity index is 2.35. The van der Waals surface area contributed by atoms with Crippen molar-refractivity contribution >= 4 is 19.0 Å². The molecule has 1 nitrogen and oxygen atoms in total. The molecule has 1 aromatic carbocycles. The maximum Gasteiger partial charge on any atom is 0.128 e. The van der Waals surface area contributed by atoms with E-state index in [9.17, 15) is 0 Å². The highest BCUT2D eigenvalue weighted by Crippen LogP contribution is 2.23. The van der Waals surface area contributed by atoms with Gasteiger partial charge in [-0.2, -0.15) is 0 Å². The first-order valence-corrected chi connectivity index (χ1v) is 10.9. The Morgan fingerprint density at radius 1 is 1.05 bits per heavy atom. The summed E-state index contributed by atoms with van der Waals surface area (Å²) in [6, 6.07) is 17.1. The van der Waals surface area contributed by atoms with Crippen LogP contribution in [-0.4, -0.2) is 13.1 Å². The zero-order valence-corrected chi connectivity index (χ0v) is 14.3. The van der Waals surface area contributed by atoms with Gasteiger partial charge < -0.3 is 0 Å². The molecule has 0 saturated heterocycles. The number of allylic oxidation sites excluding steroid dienone is 1. The Bertz CT molecular complexity index is 573. The largest absolute Gasteiger partial charge is 0.266 e. The van der Waals surface area contributed by atoms with E-state index < -0.39 is 8.07 Å². The normalized spacial score (nSPS) is 12.4. The van der Waals surface area contributed by atoms with E-state index in [1.54, 1.807) is 0 Å². The van der Waals surface area contributed by atoms with Gasteiger partial charge in [0.15, 0.2) is 0 Å². The standard InChI is InChI=1S/C19H25NSi/c1-4-5-11-18(17-12-7-6-8-13-17)16-21(2,3)19-14-9-10-15-20-19/h6-10,12-16H,4-5,11H2,1-3H3/b18-16-. The Morgan fingerprint density at radius 3 is 2.38 bits per heavy atom. The van der Waals surface area contributed by atoms with Crippen molar-refractivity contribution in [1.29, 1.82) is 0 Å². The van der Waals surface area contributed by atoms with E-state index in [2.05, 4.69) is 73.2 Å². The van der Waals surface area contributed by atoms with E-state index >= 15 is 0 Å². The van der Waals surface area contributed by atoms with Crippen LogP contribution in [0.2, 0.25) is 13.1 Å². The van der Waals surface area contributed by atoms with Gasteiger partial charge >= 0.3 is 0 Å². The second-order valence-electron chi connectivity index (χ2n) is 6.08. The minimum absolute atomic E-state index is 1.16. The summed E-state index contributed by atoms with van der Waals surface area (Å²) in [5, 5.41) is 1.26. The molecule has 2 aromatic rings. The second kappa shape index (κ2) is 7.37. The molecular weight excluding hydrogens is 270 g/mol. The third kappa shape index (κ3) is 4.40. The predicted molar refractivity (Wildman–Crippen MR) is 95.3 cm³/mol. The zero-order valence-electron chi connectivity index (χ0n) is 13.3. The van der Waals surface area contributed by atoms with Crippen LogP contribution in [-0.2, 0) is 0 Å². The second-order valence-corrected chi connectivity index (χ2v) is 10.3. The molecular formula is C19H25NSi. The maximum absolute atomic E-state index is 4.59. The van der Waals surface area contributed by atoms with Crippen molar-refractivity contribution in [3.63, 3.8) is 0 Å². The van der Waals surface area contributed by atoms with Crippen LogP contribution < -0.4 is 5.32 Å². The van der Waals surface area contributed by atoms with Gasteiger partial charge in [0.2, 0.25) is 0 Å². The third-order valence-electron chi connectivity index (χ3n) is 3.80. The molecule has 0 bridgehead atoms. The van der Waals surface area contributed by atoms with Gasteiger partial charge in [-0.3, -0.25) is 4.98 Å². The van der Waals surface area contributed by atoms with Crippen LogP contribution in [0, 0.1) is 0 Å². The minimum atomic E-state index is -1.65. The van der Waals surface area contributed by atoms with E-state index in [1.807, 2.05) is 12.3 Å². The van der Waals surface area contributed by atoms with Gasteiger partial charge in [-0.1, -0.05) is 68.5 Å². The molecule has 0 saturated carbocycles. The van der Waals surface area contributed by atoms with Crippen LogP contribution in [0.1, 0.15) is 31.7 Å². The van der Waals surface area contributed by atoms with Crippen LogP contribution in [0.3, 0.4) is 0 Å². The predicted octanol–water partition coefficient (Wildman–Crippen LogP) is 4.81. The topological polar surface area (TPSA) is 12.9 Å². The van der Waals surface area contributed by atoms with Crippen LogP contribution in [0.15, 0.2) is 60.4 Å². The Kier molecular flexibility index (Phi) is 5.51. The summed E-state index contributed by atoms with van der Waals surface area (Å²) in [6.45, 7) is 7.01. The highest BCUT2D eigenvalue weighted by atomic mass is 28.3. The molecule has 0 amide bonds. The maximum atomic E-state index is 4.59. The molecule has 0 aliphatic carbocycles. The van der Waals surface area contributed by atoms with Crippen LogP contribution in [0.4, 0.5) is 0 Å². The summed E-state index contributed by atoms with van der Waals surface area (Å²) in [6.07, 6.45) is 5.54. The molecule has 2 heteroatoms. The van der Waals surface area contributed by atoms with Crippen LogP contribution in [0.5, 0.6) is 0 Å². The quantitative estimate of drug-likeness (QED) is 0.697. The lowest BCUT2D eigenvalue weighted by atomic mass is 10.0. The van der Waals surface area contributed by atoms with Crippen molar-refractivity contribution in [3.8, 4) is 0 Å². The number of benzene rings is 1. The Labute approximate surface area is 129 Å². The van der Waals surface area contributed by atoms with Crippen molar-refractivity contribution in [1.82, 2.24) is 4.98 Å². The van der Waals surface area contributed by atoms with E-state index in [0.717, 1.165) is 6.42 Å². The highest BCUT2D eigenvalue weighted by Gasteiger charge is 2.23. The fraction of sp³-hybridized carbons (Fsp3) is 0.316. The van der Waals surface area contributed by atoms with Crippen molar-refractivity contribution in [3.05, 3.63) is 66.0 Å². The molecule has 0 fully saturated rings. The first-order valence-electron chi connectivity index (χ1n) is 7.82. The molecule has 110 valence electrons. The number of rotatable bonds is 6. The summed E-state index contributed by atoms with van der Waals surface area (Å²) in [4.78, 5) is 4.59. The molecule has 0 atom stereocenters. The average molecular weight is 296 g/mol. The number of nitrogens with zero attached hydrogens (tertiary/aromatic N) is 1. The summed E-state index contributed by atoms with van der Waals surface area (Å²) < 4.78 is 0. The summed E-state index contributed by atoms with van der Waals surface area (Å²) in [5.41, 5.74) is 5.38. The number of aromatic nitrogens is 1. The van der Waals surface area contributed by atoms with E-state index in [1.165, 1.54) is 29.3 Å². The molecule has 2 rings (SSSR count). The minimum Gasteiger partial charge on any atom is -0.266 e. The average Bonchev–Trinajstić information content (AvgIpc) is 2.53. The van der Waals surface area contributed by atoms with Gasteiger partial charge in [0.05, 0.1) is 0 Å². The van der Waals surface area contributed by atoms with Gasteiger partial charge in [0.25, 0.3) is 0 Å². The van der Waals surface area contributed by atoms with Gasteiger partial charge in [-0.05, 0) is 36.1 Å². The lowest BCUT2D eigenvalue weighted by Gasteiger charge is -2.20. The first-order chi connectivity index (χ1) is 10.1. The van der Waals surface area contributed by atoms with Crippen molar-refractivity contribution in [2.45, 2.75) is 39.3 Å². The lowest BCUT2D eigenvalue weighted by Crippen LogP contribution is -2.41. The number of pyridine rings is 1. The highest BCUT2D eigenvalue weighted by molar-refractivity contribution is 6.94. The van der Waals surface area contributed by atoms with E-state index in [0.29, 0.717) is 0 Å². The number of hydrogen-bond donors (Lipinski definition) is 0. The molecule has 0 spiro atoms. The molecule has 0 unspecified atom stereocenters. The number of unbranched alkanes of at least 4 members (excludes halogenated alkanes) is 1. The fourth-order valence-corrected chi connectivity index (χ4v) is 4.84. The monoisotopic (exact) mass is 295 g/mol. The molecule has 1 aromatic heterocycles. The fourth-order valence-electron chi connectivity index (χ4n) is 2.57. The number of hydrogen-bond acceptors (Lipinski definition) is 1. The van der Waals surface area contributed by atoms with Crippen molar-refractivity contribution in [2.75, 3.05) is 0 Å². The summed E-state index contributed by atoms with van der Waals surface area (Å²) in [7, 11) is -1.65. The molecule has 1 heterocycles. The van der Waals surface area contributed by atoms with Gasteiger partial charge in [0.1, 0.15) is 8.07 Å². The molecule has 0 aliphatic rings. The molecule has 0 N–H and O–H groups in total.